The van der Waals surface area contributed by atoms with E-state index in [2.05, 4.69) is 4.98 Å². The average molecular weight is 292 g/mol. The minimum atomic E-state index is -0.463. The van der Waals surface area contributed by atoms with Crippen LogP contribution in [0.25, 0.3) is 0 Å². The molecule has 1 aromatic carbocycles. The molecule has 0 saturated carbocycles. The SMILES string of the molecule is Nc1ncc(Cl)cc1C(N)C1COc2ccccc2O1. The topological polar surface area (TPSA) is 83.4 Å². The van der Waals surface area contributed by atoms with E-state index in [-0.39, 0.29) is 6.10 Å². The zero-order valence-corrected chi connectivity index (χ0v) is 11.4. The molecular weight excluding hydrogens is 278 g/mol. The number of rotatable bonds is 2. The Morgan fingerprint density at radius 1 is 1.30 bits per heavy atom. The molecule has 0 saturated heterocycles. The molecule has 0 aliphatic carbocycles. The van der Waals surface area contributed by atoms with E-state index >= 15 is 0 Å². The number of fused-ring (bicyclic) bond motifs is 1. The summed E-state index contributed by atoms with van der Waals surface area (Å²) in [6, 6.07) is 8.71. The first-order chi connectivity index (χ1) is 9.65. The summed E-state index contributed by atoms with van der Waals surface area (Å²) in [6.45, 7) is 0.351. The summed E-state index contributed by atoms with van der Waals surface area (Å²) in [5.74, 6) is 1.74. The van der Waals surface area contributed by atoms with Crippen molar-refractivity contribution in [2.75, 3.05) is 12.3 Å². The molecule has 4 N–H and O–H groups in total. The Hall–Kier alpha value is -1.98. The fourth-order valence-corrected chi connectivity index (χ4v) is 2.31. The van der Waals surface area contributed by atoms with Crippen LogP contribution in [0.4, 0.5) is 5.82 Å². The third-order valence-electron chi connectivity index (χ3n) is 3.21. The molecule has 2 atom stereocenters. The second-order valence-corrected chi connectivity index (χ2v) is 5.00. The second-order valence-electron chi connectivity index (χ2n) is 4.57. The molecule has 0 bridgehead atoms. The van der Waals surface area contributed by atoms with E-state index in [4.69, 9.17) is 32.5 Å². The zero-order valence-electron chi connectivity index (χ0n) is 10.6. The Balaban J connectivity index is 1.85. The van der Waals surface area contributed by atoms with Crippen molar-refractivity contribution >= 4 is 17.4 Å². The van der Waals surface area contributed by atoms with E-state index in [9.17, 15) is 0 Å². The summed E-state index contributed by atoms with van der Waals surface area (Å²) < 4.78 is 11.5. The van der Waals surface area contributed by atoms with Gasteiger partial charge in [-0.3, -0.25) is 0 Å². The first kappa shape index (κ1) is 13.0. The number of aromatic nitrogens is 1. The minimum Gasteiger partial charge on any atom is -0.486 e. The van der Waals surface area contributed by atoms with Crippen molar-refractivity contribution in [2.45, 2.75) is 12.1 Å². The molecule has 1 aliphatic heterocycles. The molecular formula is C14H14ClN3O2. The van der Waals surface area contributed by atoms with Crippen molar-refractivity contribution < 1.29 is 9.47 Å². The molecule has 0 radical (unpaired) electrons. The maximum atomic E-state index is 6.21. The van der Waals surface area contributed by atoms with Crippen LogP contribution in [-0.2, 0) is 0 Å². The van der Waals surface area contributed by atoms with Crippen LogP contribution in [0, 0.1) is 0 Å². The molecule has 2 heterocycles. The fourth-order valence-electron chi connectivity index (χ4n) is 2.15. The second kappa shape index (κ2) is 5.19. The molecule has 2 aromatic rings. The molecule has 2 unspecified atom stereocenters. The van der Waals surface area contributed by atoms with Crippen molar-refractivity contribution in [3.05, 3.63) is 47.1 Å². The number of hydrogen-bond donors (Lipinski definition) is 2. The van der Waals surface area contributed by atoms with E-state index in [0.717, 1.165) is 0 Å². The van der Waals surface area contributed by atoms with Gasteiger partial charge in [0.05, 0.1) is 11.1 Å². The third kappa shape index (κ3) is 2.37. The van der Waals surface area contributed by atoms with Crippen LogP contribution >= 0.6 is 11.6 Å². The molecule has 0 amide bonds. The number of ether oxygens (including phenoxy) is 2. The molecule has 104 valence electrons. The lowest BCUT2D eigenvalue weighted by atomic mass is 10.0. The summed E-state index contributed by atoms with van der Waals surface area (Å²) in [5, 5.41) is 0.488. The average Bonchev–Trinajstić information content (AvgIpc) is 2.48. The summed E-state index contributed by atoms with van der Waals surface area (Å²) in [7, 11) is 0. The Morgan fingerprint density at radius 3 is 2.85 bits per heavy atom. The number of nitrogens with zero attached hydrogens (tertiary/aromatic N) is 1. The van der Waals surface area contributed by atoms with Crippen molar-refractivity contribution in [3.8, 4) is 11.5 Å². The van der Waals surface area contributed by atoms with Crippen molar-refractivity contribution in [1.29, 1.82) is 0 Å². The Bertz CT molecular complexity index is 636. The number of pyridine rings is 1. The van der Waals surface area contributed by atoms with Crippen molar-refractivity contribution in [1.82, 2.24) is 4.98 Å². The van der Waals surface area contributed by atoms with E-state index in [1.54, 1.807) is 6.07 Å². The molecule has 6 heteroatoms. The van der Waals surface area contributed by atoms with Crippen molar-refractivity contribution in [3.63, 3.8) is 0 Å². The number of hydrogen-bond acceptors (Lipinski definition) is 5. The lowest BCUT2D eigenvalue weighted by Crippen LogP contribution is -2.39. The Morgan fingerprint density at radius 2 is 2.05 bits per heavy atom. The van der Waals surface area contributed by atoms with Crippen LogP contribution in [-0.4, -0.2) is 17.7 Å². The monoisotopic (exact) mass is 291 g/mol. The van der Waals surface area contributed by atoms with Gasteiger partial charge in [0.2, 0.25) is 0 Å². The highest BCUT2D eigenvalue weighted by molar-refractivity contribution is 6.30. The van der Waals surface area contributed by atoms with Gasteiger partial charge in [-0.2, -0.15) is 0 Å². The summed E-state index contributed by atoms with van der Waals surface area (Å²) >= 11 is 5.94. The lowest BCUT2D eigenvalue weighted by molar-refractivity contribution is 0.0722. The zero-order chi connectivity index (χ0) is 14.1. The minimum absolute atomic E-state index is 0.340. The molecule has 1 aromatic heterocycles. The smallest absolute Gasteiger partial charge is 0.161 e. The first-order valence-corrected chi connectivity index (χ1v) is 6.58. The predicted molar refractivity (Wildman–Crippen MR) is 76.9 cm³/mol. The van der Waals surface area contributed by atoms with Gasteiger partial charge in [0, 0.05) is 11.8 Å². The van der Waals surface area contributed by atoms with Gasteiger partial charge >= 0.3 is 0 Å². The molecule has 5 nitrogen and oxygen atoms in total. The standard InChI is InChI=1S/C14H14ClN3O2/c15-8-5-9(14(17)18-6-8)13(16)12-7-19-10-3-1-2-4-11(10)20-12/h1-6,12-13H,7,16H2,(H2,17,18). The van der Waals surface area contributed by atoms with Gasteiger partial charge in [0.1, 0.15) is 12.4 Å². The number of benzene rings is 1. The number of nitrogen functional groups attached to an aromatic ring is 1. The highest BCUT2D eigenvalue weighted by Crippen LogP contribution is 2.34. The van der Waals surface area contributed by atoms with Gasteiger partial charge in [0.15, 0.2) is 17.6 Å². The van der Waals surface area contributed by atoms with E-state index in [1.165, 1.54) is 6.20 Å². The highest BCUT2D eigenvalue weighted by atomic mass is 35.5. The van der Waals surface area contributed by atoms with E-state index in [1.807, 2.05) is 24.3 Å². The Labute approximate surface area is 121 Å². The number of para-hydroxylation sites is 2. The molecule has 1 aliphatic rings. The number of nitrogens with two attached hydrogens (primary N) is 2. The van der Waals surface area contributed by atoms with Crippen LogP contribution in [0.5, 0.6) is 11.5 Å². The summed E-state index contributed by atoms with van der Waals surface area (Å²) in [5.41, 5.74) is 12.7. The van der Waals surface area contributed by atoms with Gasteiger partial charge in [-0.05, 0) is 18.2 Å². The van der Waals surface area contributed by atoms with Crippen molar-refractivity contribution in [2.24, 2.45) is 5.73 Å². The van der Waals surface area contributed by atoms with Crippen LogP contribution < -0.4 is 20.9 Å². The summed E-state index contributed by atoms with van der Waals surface area (Å²) in [6.07, 6.45) is 1.15. The first-order valence-electron chi connectivity index (χ1n) is 6.20. The van der Waals surface area contributed by atoms with Crippen LogP contribution in [0.1, 0.15) is 11.6 Å². The Kier molecular flexibility index (Phi) is 3.38. The predicted octanol–water partition coefficient (Wildman–Crippen LogP) is 2.16. The van der Waals surface area contributed by atoms with Crippen LogP contribution in [0.15, 0.2) is 36.5 Å². The quantitative estimate of drug-likeness (QED) is 0.886. The molecule has 0 fully saturated rings. The summed E-state index contributed by atoms with van der Waals surface area (Å²) in [4.78, 5) is 4.01. The van der Waals surface area contributed by atoms with E-state index < -0.39 is 6.04 Å². The number of halogens is 1. The fraction of sp³-hybridized carbons (Fsp3) is 0.214. The molecule has 0 spiro atoms. The van der Waals surface area contributed by atoms with E-state index in [0.29, 0.717) is 34.5 Å². The van der Waals surface area contributed by atoms with Crippen LogP contribution in [0.2, 0.25) is 5.02 Å². The van der Waals surface area contributed by atoms with Gasteiger partial charge in [0.25, 0.3) is 0 Å². The maximum absolute atomic E-state index is 6.21. The van der Waals surface area contributed by atoms with Crippen LogP contribution in [0.3, 0.4) is 0 Å². The molecule has 20 heavy (non-hydrogen) atoms. The largest absolute Gasteiger partial charge is 0.486 e. The van der Waals surface area contributed by atoms with Gasteiger partial charge < -0.3 is 20.9 Å². The normalized spacial score (nSPS) is 18.6. The highest BCUT2D eigenvalue weighted by Gasteiger charge is 2.29. The van der Waals surface area contributed by atoms with Gasteiger partial charge in [-0.15, -0.1) is 0 Å². The molecule has 3 rings (SSSR count). The lowest BCUT2D eigenvalue weighted by Gasteiger charge is -2.30. The number of anilines is 1. The maximum Gasteiger partial charge on any atom is 0.161 e. The van der Waals surface area contributed by atoms with Gasteiger partial charge in [-0.25, -0.2) is 4.98 Å². The van der Waals surface area contributed by atoms with Gasteiger partial charge in [-0.1, -0.05) is 23.7 Å². The third-order valence-corrected chi connectivity index (χ3v) is 3.41.